The minimum atomic E-state index is -0.509. The van der Waals surface area contributed by atoms with Crippen LogP contribution in [0, 0.1) is 5.82 Å². The van der Waals surface area contributed by atoms with Crippen LogP contribution < -0.4 is 16.0 Å². The van der Waals surface area contributed by atoms with Gasteiger partial charge in [-0.1, -0.05) is 6.07 Å². The lowest BCUT2D eigenvalue weighted by atomic mass is 10.1. The van der Waals surface area contributed by atoms with E-state index in [-0.39, 0.29) is 29.8 Å². The molecule has 148 valence electrons. The van der Waals surface area contributed by atoms with Crippen molar-refractivity contribution in [3.05, 3.63) is 34.1 Å². The van der Waals surface area contributed by atoms with Crippen LogP contribution in [0.1, 0.15) is 26.3 Å². The van der Waals surface area contributed by atoms with E-state index in [0.29, 0.717) is 30.1 Å². The molecule has 1 aromatic carbocycles. The molecule has 0 saturated heterocycles. The van der Waals surface area contributed by atoms with Crippen LogP contribution in [0.2, 0.25) is 0 Å². The van der Waals surface area contributed by atoms with Crippen LogP contribution in [-0.4, -0.2) is 44.3 Å². The highest BCUT2D eigenvalue weighted by Crippen LogP contribution is 2.16. The van der Waals surface area contributed by atoms with E-state index in [1.165, 1.54) is 6.07 Å². The monoisotopic (exact) mass is 544 g/mol. The Hall–Kier alpha value is -1.10. The first-order valence-electron chi connectivity index (χ1n) is 8.06. The van der Waals surface area contributed by atoms with Gasteiger partial charge in [0, 0.05) is 26.7 Å². The summed E-state index contributed by atoms with van der Waals surface area (Å²) in [6.07, 6.45) is 0.287. The van der Waals surface area contributed by atoms with Crippen LogP contribution in [0.15, 0.2) is 27.7 Å². The van der Waals surface area contributed by atoms with Gasteiger partial charge in [0.15, 0.2) is 5.96 Å². The molecule has 0 spiro atoms. The number of guanidine groups is 1. The highest BCUT2D eigenvalue weighted by molar-refractivity contribution is 14.0. The van der Waals surface area contributed by atoms with Crippen molar-refractivity contribution in [3.63, 3.8) is 0 Å². The Labute approximate surface area is 179 Å². The van der Waals surface area contributed by atoms with E-state index in [0.717, 1.165) is 12.0 Å². The van der Waals surface area contributed by atoms with Gasteiger partial charge in [-0.25, -0.2) is 9.18 Å². The lowest BCUT2D eigenvalue weighted by Gasteiger charge is -2.19. The van der Waals surface area contributed by atoms with Crippen LogP contribution in [0.5, 0.6) is 0 Å². The van der Waals surface area contributed by atoms with Gasteiger partial charge in [-0.2, -0.15) is 0 Å². The molecule has 0 unspecified atom stereocenters. The van der Waals surface area contributed by atoms with E-state index in [2.05, 4.69) is 36.9 Å². The second kappa shape index (κ2) is 12.3. The van der Waals surface area contributed by atoms with Crippen LogP contribution in [-0.2, 0) is 11.2 Å². The number of nitrogens with zero attached hydrogens (tertiary/aromatic N) is 1. The van der Waals surface area contributed by atoms with Crippen molar-refractivity contribution in [2.75, 3.05) is 26.7 Å². The van der Waals surface area contributed by atoms with Gasteiger partial charge in [-0.05, 0) is 60.8 Å². The summed E-state index contributed by atoms with van der Waals surface area (Å²) >= 11 is 3.18. The maximum absolute atomic E-state index is 13.2. The van der Waals surface area contributed by atoms with Gasteiger partial charge in [-0.3, -0.25) is 4.99 Å². The van der Waals surface area contributed by atoms with Crippen molar-refractivity contribution in [1.29, 1.82) is 0 Å². The topological polar surface area (TPSA) is 74.8 Å². The molecule has 0 atom stereocenters. The number of halogens is 3. The summed E-state index contributed by atoms with van der Waals surface area (Å²) in [6.45, 7) is 7.03. The SMILES string of the molecule is CN=C(NCCNC(=O)OC(C)(C)C)NCCc1ccc(F)c(Br)c1.I. The molecule has 1 aromatic rings. The van der Waals surface area contributed by atoms with Gasteiger partial charge < -0.3 is 20.7 Å². The number of aliphatic imine (C=N–C) groups is 1. The molecule has 26 heavy (non-hydrogen) atoms. The predicted octanol–water partition coefficient (Wildman–Crippen LogP) is 3.44. The van der Waals surface area contributed by atoms with Crippen molar-refractivity contribution in [2.24, 2.45) is 4.99 Å². The second-order valence-electron chi connectivity index (χ2n) is 6.35. The van der Waals surface area contributed by atoms with E-state index in [4.69, 9.17) is 4.74 Å². The first kappa shape index (κ1) is 24.9. The summed E-state index contributed by atoms with van der Waals surface area (Å²) in [6, 6.07) is 4.95. The number of carbonyl (C=O) groups is 1. The fraction of sp³-hybridized carbons (Fsp3) is 0.529. The molecule has 1 rings (SSSR count). The predicted molar refractivity (Wildman–Crippen MR) is 117 cm³/mol. The molecule has 0 heterocycles. The Bertz CT molecular complexity index is 609. The highest BCUT2D eigenvalue weighted by Gasteiger charge is 2.15. The number of carbonyl (C=O) groups excluding carboxylic acids is 1. The molecule has 0 fully saturated rings. The Morgan fingerprint density at radius 2 is 1.81 bits per heavy atom. The first-order valence-corrected chi connectivity index (χ1v) is 8.86. The van der Waals surface area contributed by atoms with Gasteiger partial charge in [0.2, 0.25) is 0 Å². The molecule has 0 aromatic heterocycles. The van der Waals surface area contributed by atoms with E-state index >= 15 is 0 Å². The zero-order chi connectivity index (χ0) is 18.9. The number of benzene rings is 1. The molecule has 6 nitrogen and oxygen atoms in total. The third kappa shape index (κ3) is 10.8. The van der Waals surface area contributed by atoms with E-state index < -0.39 is 11.7 Å². The van der Waals surface area contributed by atoms with E-state index in [1.54, 1.807) is 19.2 Å². The van der Waals surface area contributed by atoms with Gasteiger partial charge in [0.05, 0.1) is 4.47 Å². The van der Waals surface area contributed by atoms with Crippen molar-refractivity contribution >= 4 is 52.0 Å². The first-order chi connectivity index (χ1) is 11.7. The standard InChI is InChI=1S/C17H26BrFN4O2.HI/c1-17(2,3)25-16(24)23-10-9-22-15(20-4)21-8-7-12-5-6-14(19)13(18)11-12;/h5-6,11H,7-10H2,1-4H3,(H,23,24)(H2,20,21,22);1H. The highest BCUT2D eigenvalue weighted by atomic mass is 127. The number of hydrogen-bond acceptors (Lipinski definition) is 3. The average Bonchev–Trinajstić information content (AvgIpc) is 2.51. The summed E-state index contributed by atoms with van der Waals surface area (Å²) in [5.41, 5.74) is 0.507. The summed E-state index contributed by atoms with van der Waals surface area (Å²) in [7, 11) is 1.67. The summed E-state index contributed by atoms with van der Waals surface area (Å²) in [5, 5.41) is 8.92. The lowest BCUT2D eigenvalue weighted by molar-refractivity contribution is 0.0529. The second-order valence-corrected chi connectivity index (χ2v) is 7.21. The Morgan fingerprint density at radius 1 is 1.19 bits per heavy atom. The number of alkyl carbamates (subject to hydrolysis) is 1. The zero-order valence-corrected chi connectivity index (χ0v) is 19.4. The van der Waals surface area contributed by atoms with Crippen molar-refractivity contribution in [1.82, 2.24) is 16.0 Å². The van der Waals surface area contributed by atoms with Crippen LogP contribution >= 0.6 is 39.9 Å². The molecule has 0 aliphatic carbocycles. The fourth-order valence-electron chi connectivity index (χ4n) is 1.90. The van der Waals surface area contributed by atoms with Crippen LogP contribution in [0.4, 0.5) is 9.18 Å². The minimum Gasteiger partial charge on any atom is -0.444 e. The van der Waals surface area contributed by atoms with Crippen molar-refractivity contribution < 1.29 is 13.9 Å². The van der Waals surface area contributed by atoms with Crippen molar-refractivity contribution in [2.45, 2.75) is 32.8 Å². The molecule has 0 radical (unpaired) electrons. The number of nitrogens with one attached hydrogen (secondary N) is 3. The third-order valence-electron chi connectivity index (χ3n) is 3.00. The molecular weight excluding hydrogens is 518 g/mol. The zero-order valence-electron chi connectivity index (χ0n) is 15.5. The van der Waals surface area contributed by atoms with Gasteiger partial charge in [0.25, 0.3) is 0 Å². The molecule has 0 aliphatic heterocycles. The largest absolute Gasteiger partial charge is 0.444 e. The number of rotatable bonds is 6. The Balaban J connectivity index is 0.00000625. The number of hydrogen-bond donors (Lipinski definition) is 3. The van der Waals surface area contributed by atoms with Gasteiger partial charge in [-0.15, -0.1) is 24.0 Å². The van der Waals surface area contributed by atoms with Crippen LogP contribution in [0.25, 0.3) is 0 Å². The van der Waals surface area contributed by atoms with E-state index in [9.17, 15) is 9.18 Å². The molecular formula is C17H27BrFIN4O2. The van der Waals surface area contributed by atoms with Crippen LogP contribution in [0.3, 0.4) is 0 Å². The van der Waals surface area contributed by atoms with E-state index in [1.807, 2.05) is 20.8 Å². The fourth-order valence-corrected chi connectivity index (χ4v) is 2.33. The Kier molecular flexibility index (Phi) is 11.8. The average molecular weight is 545 g/mol. The van der Waals surface area contributed by atoms with Gasteiger partial charge >= 0.3 is 6.09 Å². The quantitative estimate of drug-likeness (QED) is 0.222. The summed E-state index contributed by atoms with van der Waals surface area (Å²) in [4.78, 5) is 15.6. The smallest absolute Gasteiger partial charge is 0.407 e. The van der Waals surface area contributed by atoms with Gasteiger partial charge in [0.1, 0.15) is 11.4 Å². The minimum absolute atomic E-state index is 0. The summed E-state index contributed by atoms with van der Waals surface area (Å²) in [5.74, 6) is 0.360. The molecule has 0 bridgehead atoms. The maximum Gasteiger partial charge on any atom is 0.407 e. The lowest BCUT2D eigenvalue weighted by Crippen LogP contribution is -2.43. The number of amides is 1. The molecule has 0 saturated carbocycles. The molecule has 1 amide bonds. The summed E-state index contributed by atoms with van der Waals surface area (Å²) < 4.78 is 18.8. The third-order valence-corrected chi connectivity index (χ3v) is 3.61. The maximum atomic E-state index is 13.2. The Morgan fingerprint density at radius 3 is 2.38 bits per heavy atom. The van der Waals surface area contributed by atoms with Crippen molar-refractivity contribution in [3.8, 4) is 0 Å². The normalized spacial score (nSPS) is 11.4. The molecule has 0 aliphatic rings. The molecule has 9 heteroatoms. The number of ether oxygens (including phenoxy) is 1. The molecule has 3 N–H and O–H groups in total.